The van der Waals surface area contributed by atoms with E-state index in [2.05, 4.69) is 5.32 Å². The van der Waals surface area contributed by atoms with Gasteiger partial charge in [-0.2, -0.15) is 0 Å². The van der Waals surface area contributed by atoms with E-state index >= 15 is 0 Å². The molecule has 0 aromatic carbocycles. The minimum atomic E-state index is 0.000556. The lowest BCUT2D eigenvalue weighted by molar-refractivity contribution is -0.145. The zero-order chi connectivity index (χ0) is 9.10. The average molecular weight is 183 g/mol. The summed E-state index contributed by atoms with van der Waals surface area (Å²) in [5, 5.41) is 3.25. The molecule has 2 aliphatic rings. The molecule has 0 bridgehead atoms. The van der Waals surface area contributed by atoms with Crippen LogP contribution < -0.4 is 5.32 Å². The van der Waals surface area contributed by atoms with E-state index in [4.69, 9.17) is 4.74 Å². The Labute approximate surface area is 78.8 Å². The summed E-state index contributed by atoms with van der Waals surface area (Å²) >= 11 is 0. The molecule has 13 heavy (non-hydrogen) atoms. The van der Waals surface area contributed by atoms with E-state index < -0.39 is 0 Å². The van der Waals surface area contributed by atoms with Crippen molar-refractivity contribution in [3.05, 3.63) is 0 Å². The van der Waals surface area contributed by atoms with Crippen LogP contribution in [-0.2, 0) is 9.53 Å². The molecule has 1 aliphatic carbocycles. The third-order valence-corrected chi connectivity index (χ3v) is 2.79. The molecule has 2 rings (SSSR count). The van der Waals surface area contributed by atoms with Gasteiger partial charge in [-0.15, -0.1) is 0 Å². The molecule has 74 valence electrons. The maximum atomic E-state index is 11.3. The predicted molar refractivity (Wildman–Crippen MR) is 49.3 cm³/mol. The monoisotopic (exact) mass is 183 g/mol. The molecular formula is C10H17NO2. The molecule has 0 spiro atoms. The Morgan fingerprint density at radius 3 is 2.77 bits per heavy atom. The molecule has 0 aromatic rings. The maximum absolute atomic E-state index is 11.3. The van der Waals surface area contributed by atoms with Gasteiger partial charge < -0.3 is 10.1 Å². The second-order valence-corrected chi connectivity index (χ2v) is 4.19. The molecule has 1 saturated carbocycles. The first-order valence-corrected chi connectivity index (χ1v) is 5.21. The summed E-state index contributed by atoms with van der Waals surface area (Å²) in [6, 6.07) is 0. The highest BCUT2D eigenvalue weighted by molar-refractivity contribution is 5.69. The summed E-state index contributed by atoms with van der Waals surface area (Å²) in [4.78, 5) is 11.3. The zero-order valence-corrected chi connectivity index (χ0v) is 7.92. The van der Waals surface area contributed by atoms with E-state index in [0.717, 1.165) is 19.5 Å². The number of ether oxygens (including phenoxy) is 1. The summed E-state index contributed by atoms with van der Waals surface area (Å²) in [5.41, 5.74) is 0. The molecule has 1 N–H and O–H groups in total. The normalized spacial score (nSPS) is 27.5. The summed E-state index contributed by atoms with van der Waals surface area (Å²) in [6.45, 7) is 2.71. The Morgan fingerprint density at radius 1 is 1.31 bits per heavy atom. The van der Waals surface area contributed by atoms with Gasteiger partial charge in [0.25, 0.3) is 0 Å². The number of nitrogens with one attached hydrogen (secondary N) is 1. The molecule has 2 fully saturated rings. The van der Waals surface area contributed by atoms with Gasteiger partial charge in [-0.3, -0.25) is 4.79 Å². The van der Waals surface area contributed by atoms with Gasteiger partial charge in [0.1, 0.15) is 0 Å². The first-order chi connectivity index (χ1) is 6.34. The lowest BCUT2D eigenvalue weighted by Crippen LogP contribution is -2.15. The van der Waals surface area contributed by atoms with E-state index in [0.29, 0.717) is 24.9 Å². The number of hydrogen-bond donors (Lipinski definition) is 1. The van der Waals surface area contributed by atoms with Gasteiger partial charge in [0, 0.05) is 6.42 Å². The van der Waals surface area contributed by atoms with Crippen LogP contribution in [0.5, 0.6) is 0 Å². The van der Waals surface area contributed by atoms with Crippen LogP contribution in [0.1, 0.15) is 25.7 Å². The van der Waals surface area contributed by atoms with E-state index in [1.807, 2.05) is 0 Å². The van der Waals surface area contributed by atoms with Crippen molar-refractivity contribution in [1.82, 2.24) is 5.32 Å². The Bertz CT molecular complexity index is 183. The van der Waals surface area contributed by atoms with Crippen LogP contribution in [0.15, 0.2) is 0 Å². The van der Waals surface area contributed by atoms with Crippen molar-refractivity contribution >= 4 is 5.97 Å². The van der Waals surface area contributed by atoms with Crippen LogP contribution in [0.2, 0.25) is 0 Å². The molecule has 3 heteroatoms. The molecule has 1 atom stereocenters. The van der Waals surface area contributed by atoms with Crippen molar-refractivity contribution in [2.75, 3.05) is 19.7 Å². The number of rotatable bonds is 4. The summed E-state index contributed by atoms with van der Waals surface area (Å²) in [6.07, 6.45) is 4.23. The SMILES string of the molecule is O=C(CC1CCNC1)OCC1CC1. The molecule has 0 aromatic heterocycles. The van der Waals surface area contributed by atoms with Gasteiger partial charge in [0.15, 0.2) is 0 Å². The Hall–Kier alpha value is -0.570. The Kier molecular flexibility index (Phi) is 2.83. The second kappa shape index (κ2) is 4.09. The molecule has 0 amide bonds. The van der Waals surface area contributed by atoms with Gasteiger partial charge >= 0.3 is 5.97 Å². The molecule has 1 unspecified atom stereocenters. The standard InChI is InChI=1S/C10H17NO2/c12-10(13-7-8-1-2-8)5-9-3-4-11-6-9/h8-9,11H,1-7H2. The molecular weight excluding hydrogens is 166 g/mol. The molecule has 1 saturated heterocycles. The van der Waals surface area contributed by atoms with Crippen LogP contribution in [-0.4, -0.2) is 25.7 Å². The van der Waals surface area contributed by atoms with Gasteiger partial charge in [0.2, 0.25) is 0 Å². The topological polar surface area (TPSA) is 38.3 Å². The fourth-order valence-corrected chi connectivity index (χ4v) is 1.68. The minimum absolute atomic E-state index is 0.000556. The summed E-state index contributed by atoms with van der Waals surface area (Å²) in [5.74, 6) is 1.21. The highest BCUT2D eigenvalue weighted by Crippen LogP contribution is 2.29. The number of carbonyl (C=O) groups excluding carboxylic acids is 1. The number of carbonyl (C=O) groups is 1. The average Bonchev–Trinajstić information content (AvgIpc) is 2.82. The number of hydrogen-bond acceptors (Lipinski definition) is 3. The van der Waals surface area contributed by atoms with E-state index in [-0.39, 0.29) is 5.97 Å². The Morgan fingerprint density at radius 2 is 2.15 bits per heavy atom. The highest BCUT2D eigenvalue weighted by atomic mass is 16.5. The van der Waals surface area contributed by atoms with Crippen LogP contribution in [0.25, 0.3) is 0 Å². The lowest BCUT2D eigenvalue weighted by atomic mass is 10.1. The Balaban J connectivity index is 1.59. The van der Waals surface area contributed by atoms with Crippen molar-refractivity contribution in [2.24, 2.45) is 11.8 Å². The van der Waals surface area contributed by atoms with Crippen molar-refractivity contribution in [3.63, 3.8) is 0 Å². The van der Waals surface area contributed by atoms with Gasteiger partial charge in [0.05, 0.1) is 6.61 Å². The predicted octanol–water partition coefficient (Wildman–Crippen LogP) is 0.939. The van der Waals surface area contributed by atoms with Gasteiger partial charge in [-0.25, -0.2) is 0 Å². The van der Waals surface area contributed by atoms with Crippen LogP contribution in [0, 0.1) is 11.8 Å². The van der Waals surface area contributed by atoms with Gasteiger partial charge in [-0.05, 0) is 44.2 Å². The van der Waals surface area contributed by atoms with Gasteiger partial charge in [-0.1, -0.05) is 0 Å². The van der Waals surface area contributed by atoms with Crippen LogP contribution in [0.4, 0.5) is 0 Å². The quantitative estimate of drug-likeness (QED) is 0.659. The molecule has 1 heterocycles. The maximum Gasteiger partial charge on any atom is 0.306 e. The fourth-order valence-electron chi connectivity index (χ4n) is 1.68. The van der Waals surface area contributed by atoms with E-state index in [9.17, 15) is 4.79 Å². The van der Waals surface area contributed by atoms with Crippen LogP contribution >= 0.6 is 0 Å². The first kappa shape index (κ1) is 9.00. The molecule has 0 radical (unpaired) electrons. The number of esters is 1. The first-order valence-electron chi connectivity index (χ1n) is 5.21. The largest absolute Gasteiger partial charge is 0.465 e. The van der Waals surface area contributed by atoms with Crippen molar-refractivity contribution < 1.29 is 9.53 Å². The molecule has 1 aliphatic heterocycles. The smallest absolute Gasteiger partial charge is 0.306 e. The third-order valence-electron chi connectivity index (χ3n) is 2.79. The van der Waals surface area contributed by atoms with Crippen molar-refractivity contribution in [3.8, 4) is 0 Å². The minimum Gasteiger partial charge on any atom is -0.465 e. The fraction of sp³-hybridized carbons (Fsp3) is 0.900. The van der Waals surface area contributed by atoms with Crippen molar-refractivity contribution in [2.45, 2.75) is 25.7 Å². The summed E-state index contributed by atoms with van der Waals surface area (Å²) in [7, 11) is 0. The van der Waals surface area contributed by atoms with E-state index in [1.165, 1.54) is 12.8 Å². The highest BCUT2D eigenvalue weighted by Gasteiger charge is 2.24. The molecule has 3 nitrogen and oxygen atoms in total. The lowest BCUT2D eigenvalue weighted by Gasteiger charge is -2.07. The zero-order valence-electron chi connectivity index (χ0n) is 7.92. The second-order valence-electron chi connectivity index (χ2n) is 4.19. The third kappa shape index (κ3) is 2.99. The summed E-state index contributed by atoms with van der Waals surface area (Å²) < 4.78 is 5.16. The van der Waals surface area contributed by atoms with E-state index in [1.54, 1.807) is 0 Å². The van der Waals surface area contributed by atoms with Crippen LogP contribution in [0.3, 0.4) is 0 Å². The van der Waals surface area contributed by atoms with Crippen molar-refractivity contribution in [1.29, 1.82) is 0 Å².